The molecule has 1 aliphatic rings. The Bertz CT molecular complexity index is 486. The van der Waals surface area contributed by atoms with Crippen LogP contribution in [0.4, 0.5) is 0 Å². The number of hydrogen-bond donors (Lipinski definition) is 3. The van der Waals surface area contributed by atoms with E-state index in [4.69, 9.17) is 15.7 Å². The van der Waals surface area contributed by atoms with Gasteiger partial charge in [0.15, 0.2) is 11.9 Å². The summed E-state index contributed by atoms with van der Waals surface area (Å²) in [6.07, 6.45) is 1.22. The molecule has 2 atom stereocenters. The maximum Gasteiger partial charge on any atom is 0.254 e. The molecular weight excluding hydrogens is 258 g/mol. The number of amidine groups is 1. The van der Waals surface area contributed by atoms with Crippen LogP contribution < -0.4 is 11.1 Å². The van der Waals surface area contributed by atoms with Crippen molar-refractivity contribution in [1.82, 2.24) is 5.32 Å². The number of hydrogen-bond acceptors (Lipinski definition) is 4. The summed E-state index contributed by atoms with van der Waals surface area (Å²) in [6, 6.07) is 8.77. The third kappa shape index (κ3) is 3.27. The van der Waals surface area contributed by atoms with Crippen molar-refractivity contribution in [3.8, 4) is 0 Å². The van der Waals surface area contributed by atoms with Crippen molar-refractivity contribution < 1.29 is 14.7 Å². The van der Waals surface area contributed by atoms with Crippen molar-refractivity contribution in [2.45, 2.75) is 25.0 Å². The van der Waals surface area contributed by atoms with Gasteiger partial charge in [0.25, 0.3) is 5.91 Å². The van der Waals surface area contributed by atoms with Gasteiger partial charge in [-0.2, -0.15) is 0 Å². The van der Waals surface area contributed by atoms with Crippen molar-refractivity contribution in [2.24, 2.45) is 16.8 Å². The lowest BCUT2D eigenvalue weighted by Crippen LogP contribution is -2.47. The smallest absolute Gasteiger partial charge is 0.254 e. The van der Waals surface area contributed by atoms with Gasteiger partial charge in [-0.15, -0.1) is 0 Å². The van der Waals surface area contributed by atoms with Gasteiger partial charge in [0.05, 0.1) is 6.04 Å². The first kappa shape index (κ1) is 14.3. The third-order valence-electron chi connectivity index (χ3n) is 3.40. The van der Waals surface area contributed by atoms with E-state index in [0.29, 0.717) is 0 Å². The molecule has 0 heterocycles. The molecule has 0 aromatic heterocycles. The largest absolute Gasteiger partial charge is 0.409 e. The Hall–Kier alpha value is -2.08. The molecule has 1 fully saturated rings. The minimum Gasteiger partial charge on any atom is -0.409 e. The van der Waals surface area contributed by atoms with Gasteiger partial charge in [0, 0.05) is 7.11 Å². The van der Waals surface area contributed by atoms with Crippen LogP contribution in [-0.4, -0.2) is 30.1 Å². The number of nitrogens with zero attached hydrogens (tertiary/aromatic N) is 1. The first-order valence-corrected chi connectivity index (χ1v) is 6.53. The Balaban J connectivity index is 2.09. The number of ether oxygens (including phenoxy) is 1. The van der Waals surface area contributed by atoms with E-state index in [1.165, 1.54) is 7.11 Å². The molecule has 6 heteroatoms. The van der Waals surface area contributed by atoms with Gasteiger partial charge in [-0.05, 0) is 24.3 Å². The standard InChI is InChI=1S/C14H19N3O3/c1-20-12(10-5-3-2-4-6-10)14(18)16-11(9-7-8-9)13(15)17-19/h2-6,9,11-12,19H,7-8H2,1H3,(H2,15,17)(H,16,18). The minimum atomic E-state index is -0.705. The zero-order valence-corrected chi connectivity index (χ0v) is 11.3. The highest BCUT2D eigenvalue weighted by molar-refractivity contribution is 5.92. The summed E-state index contributed by atoms with van der Waals surface area (Å²) in [7, 11) is 1.48. The Labute approximate surface area is 117 Å². The number of nitrogens with one attached hydrogen (secondary N) is 1. The van der Waals surface area contributed by atoms with Crippen LogP contribution in [0.15, 0.2) is 35.5 Å². The van der Waals surface area contributed by atoms with Gasteiger partial charge in [-0.3, -0.25) is 4.79 Å². The van der Waals surface area contributed by atoms with E-state index >= 15 is 0 Å². The fourth-order valence-electron chi connectivity index (χ4n) is 2.18. The van der Waals surface area contributed by atoms with Crippen LogP contribution in [0.3, 0.4) is 0 Å². The summed E-state index contributed by atoms with van der Waals surface area (Å²) in [4.78, 5) is 12.3. The van der Waals surface area contributed by atoms with Crippen LogP contribution in [0.2, 0.25) is 0 Å². The maximum atomic E-state index is 12.3. The second-order valence-corrected chi connectivity index (χ2v) is 4.87. The van der Waals surface area contributed by atoms with Crippen LogP contribution in [-0.2, 0) is 9.53 Å². The lowest BCUT2D eigenvalue weighted by atomic mass is 10.1. The molecule has 0 bridgehead atoms. The highest BCUT2D eigenvalue weighted by atomic mass is 16.5. The molecule has 1 amide bonds. The number of oxime groups is 1. The van der Waals surface area contributed by atoms with E-state index in [2.05, 4.69) is 10.5 Å². The molecule has 0 saturated heterocycles. The van der Waals surface area contributed by atoms with Crippen LogP contribution in [0, 0.1) is 5.92 Å². The molecule has 0 aliphatic heterocycles. The molecule has 2 rings (SSSR count). The Morgan fingerprint density at radius 1 is 1.45 bits per heavy atom. The van der Waals surface area contributed by atoms with E-state index in [9.17, 15) is 4.79 Å². The van der Waals surface area contributed by atoms with E-state index in [1.54, 1.807) is 0 Å². The van der Waals surface area contributed by atoms with E-state index in [1.807, 2.05) is 30.3 Å². The molecular formula is C14H19N3O3. The normalized spacial score (nSPS) is 18.4. The summed E-state index contributed by atoms with van der Waals surface area (Å²) in [5.41, 5.74) is 6.40. The van der Waals surface area contributed by atoms with Crippen molar-refractivity contribution in [2.75, 3.05) is 7.11 Å². The summed E-state index contributed by atoms with van der Waals surface area (Å²) in [6.45, 7) is 0. The van der Waals surface area contributed by atoms with Gasteiger partial charge in [-0.1, -0.05) is 35.5 Å². The summed E-state index contributed by atoms with van der Waals surface area (Å²) >= 11 is 0. The number of benzene rings is 1. The topological polar surface area (TPSA) is 96.9 Å². The average molecular weight is 277 g/mol. The molecule has 2 unspecified atom stereocenters. The van der Waals surface area contributed by atoms with Crippen LogP contribution in [0.1, 0.15) is 24.5 Å². The SMILES string of the molecule is COC(C(=O)NC(C(N)=NO)C1CC1)c1ccccc1. The summed E-state index contributed by atoms with van der Waals surface area (Å²) in [5, 5.41) is 14.6. The molecule has 0 spiro atoms. The molecule has 4 N–H and O–H groups in total. The van der Waals surface area contributed by atoms with Crippen molar-refractivity contribution in [3.05, 3.63) is 35.9 Å². The van der Waals surface area contributed by atoms with Crippen LogP contribution >= 0.6 is 0 Å². The molecule has 1 aromatic carbocycles. The highest BCUT2D eigenvalue weighted by Gasteiger charge is 2.36. The number of rotatable bonds is 6. The number of carbonyl (C=O) groups excluding carboxylic acids is 1. The second kappa shape index (κ2) is 6.38. The molecule has 6 nitrogen and oxygen atoms in total. The Morgan fingerprint density at radius 2 is 2.10 bits per heavy atom. The van der Waals surface area contributed by atoms with Gasteiger partial charge < -0.3 is 21.0 Å². The predicted octanol–water partition coefficient (Wildman–Crippen LogP) is 1.02. The van der Waals surface area contributed by atoms with Gasteiger partial charge in [0.1, 0.15) is 0 Å². The monoisotopic (exact) mass is 277 g/mol. The van der Waals surface area contributed by atoms with Crippen molar-refractivity contribution >= 4 is 11.7 Å². The van der Waals surface area contributed by atoms with Crippen LogP contribution in [0.25, 0.3) is 0 Å². The van der Waals surface area contributed by atoms with E-state index in [-0.39, 0.29) is 17.7 Å². The number of nitrogens with two attached hydrogens (primary N) is 1. The fraction of sp³-hybridized carbons (Fsp3) is 0.429. The van der Waals surface area contributed by atoms with Gasteiger partial charge >= 0.3 is 0 Å². The Kier molecular flexibility index (Phi) is 4.57. The molecule has 0 radical (unpaired) electrons. The van der Waals surface area contributed by atoms with Crippen LogP contribution in [0.5, 0.6) is 0 Å². The summed E-state index contributed by atoms with van der Waals surface area (Å²) < 4.78 is 5.26. The molecule has 1 aliphatic carbocycles. The second-order valence-electron chi connectivity index (χ2n) is 4.87. The lowest BCUT2D eigenvalue weighted by Gasteiger charge is -2.21. The molecule has 1 aromatic rings. The first-order chi connectivity index (χ1) is 9.67. The third-order valence-corrected chi connectivity index (χ3v) is 3.40. The Morgan fingerprint density at radius 3 is 2.60 bits per heavy atom. The summed E-state index contributed by atoms with van der Waals surface area (Å²) in [5.74, 6) is -0.0194. The highest BCUT2D eigenvalue weighted by Crippen LogP contribution is 2.33. The lowest BCUT2D eigenvalue weighted by molar-refractivity contribution is -0.131. The zero-order valence-electron chi connectivity index (χ0n) is 11.3. The number of methoxy groups -OCH3 is 1. The van der Waals surface area contributed by atoms with Gasteiger partial charge in [-0.25, -0.2) is 0 Å². The van der Waals surface area contributed by atoms with E-state index in [0.717, 1.165) is 18.4 Å². The zero-order chi connectivity index (χ0) is 14.5. The van der Waals surface area contributed by atoms with Crippen molar-refractivity contribution in [3.63, 3.8) is 0 Å². The van der Waals surface area contributed by atoms with E-state index < -0.39 is 12.1 Å². The minimum absolute atomic E-state index is 0.0313. The molecule has 20 heavy (non-hydrogen) atoms. The quantitative estimate of drug-likeness (QED) is 0.313. The number of amides is 1. The molecule has 108 valence electrons. The first-order valence-electron chi connectivity index (χ1n) is 6.53. The predicted molar refractivity (Wildman–Crippen MR) is 74.3 cm³/mol. The number of carbonyl (C=O) groups is 1. The van der Waals surface area contributed by atoms with Gasteiger partial charge in [0.2, 0.25) is 0 Å². The average Bonchev–Trinajstić information content (AvgIpc) is 3.30. The maximum absolute atomic E-state index is 12.3. The fourth-order valence-corrected chi connectivity index (χ4v) is 2.18. The molecule has 1 saturated carbocycles. The van der Waals surface area contributed by atoms with Crippen molar-refractivity contribution in [1.29, 1.82) is 0 Å².